The monoisotopic (exact) mass is 478 g/mol. The van der Waals surface area contributed by atoms with Crippen LogP contribution in [0.4, 0.5) is 5.69 Å². The second-order valence-electron chi connectivity index (χ2n) is 5.10. The van der Waals surface area contributed by atoms with E-state index in [2.05, 4.69) is 37.2 Å². The molecule has 2 aromatic rings. The fourth-order valence-electron chi connectivity index (χ4n) is 2.13. The molecule has 2 aromatic carbocycles. The molecule has 7 heteroatoms. The van der Waals surface area contributed by atoms with Crippen LogP contribution in [0.15, 0.2) is 50.9 Å². The summed E-state index contributed by atoms with van der Waals surface area (Å²) >= 11 is 6.87. The number of hydrogen-bond donors (Lipinski definition) is 1. The predicted molar refractivity (Wildman–Crippen MR) is 108 cm³/mol. The van der Waals surface area contributed by atoms with E-state index in [0.29, 0.717) is 29.4 Å². The molecule has 0 unspecified atom stereocenters. The number of nitriles is 1. The SMILES string of the molecule is CCOc1c(Br)cc(/C=C(\C#N)C(=O)Nc2ccc(OC)cc2)cc1Br. The first-order valence-corrected chi connectivity index (χ1v) is 9.26. The lowest BCUT2D eigenvalue weighted by Crippen LogP contribution is -2.13. The van der Waals surface area contributed by atoms with Crippen molar-refractivity contribution in [3.63, 3.8) is 0 Å². The second kappa shape index (κ2) is 9.41. The highest BCUT2D eigenvalue weighted by Gasteiger charge is 2.12. The van der Waals surface area contributed by atoms with Gasteiger partial charge in [0.05, 0.1) is 22.7 Å². The Labute approximate surface area is 168 Å². The van der Waals surface area contributed by atoms with Gasteiger partial charge >= 0.3 is 0 Å². The van der Waals surface area contributed by atoms with Crippen LogP contribution in [0.25, 0.3) is 6.08 Å². The summed E-state index contributed by atoms with van der Waals surface area (Å²) in [7, 11) is 1.57. The van der Waals surface area contributed by atoms with Gasteiger partial charge in [-0.3, -0.25) is 4.79 Å². The largest absolute Gasteiger partial charge is 0.497 e. The first kappa shape index (κ1) is 20.0. The first-order valence-electron chi connectivity index (χ1n) is 7.67. The lowest BCUT2D eigenvalue weighted by molar-refractivity contribution is -0.112. The Hall–Kier alpha value is -2.30. The van der Waals surface area contributed by atoms with Gasteiger partial charge in [-0.25, -0.2) is 0 Å². The van der Waals surface area contributed by atoms with Crippen molar-refractivity contribution in [2.45, 2.75) is 6.92 Å². The molecule has 0 bridgehead atoms. The summed E-state index contributed by atoms with van der Waals surface area (Å²) in [6.45, 7) is 2.42. The molecule has 0 radical (unpaired) electrons. The van der Waals surface area contributed by atoms with E-state index in [4.69, 9.17) is 9.47 Å². The summed E-state index contributed by atoms with van der Waals surface area (Å²) in [6.07, 6.45) is 1.52. The van der Waals surface area contributed by atoms with Crippen LogP contribution in [0.5, 0.6) is 11.5 Å². The highest BCUT2D eigenvalue weighted by atomic mass is 79.9. The summed E-state index contributed by atoms with van der Waals surface area (Å²) in [5.74, 6) is 0.868. The number of ether oxygens (including phenoxy) is 2. The zero-order chi connectivity index (χ0) is 19.1. The van der Waals surface area contributed by atoms with E-state index in [0.717, 1.165) is 8.95 Å². The number of carbonyl (C=O) groups excluding carboxylic acids is 1. The van der Waals surface area contributed by atoms with Crippen molar-refractivity contribution in [2.24, 2.45) is 0 Å². The van der Waals surface area contributed by atoms with Crippen LogP contribution in [-0.2, 0) is 4.79 Å². The zero-order valence-electron chi connectivity index (χ0n) is 14.2. The van der Waals surface area contributed by atoms with Gasteiger partial charge in [0.25, 0.3) is 5.91 Å². The third-order valence-corrected chi connectivity index (χ3v) is 4.51. The molecule has 0 aromatic heterocycles. The molecule has 0 spiro atoms. The Bertz CT molecular complexity index is 848. The van der Waals surface area contributed by atoms with Gasteiger partial charge in [0.2, 0.25) is 0 Å². The normalized spacial score (nSPS) is 10.8. The van der Waals surface area contributed by atoms with Crippen molar-refractivity contribution in [3.8, 4) is 17.6 Å². The van der Waals surface area contributed by atoms with E-state index in [1.807, 2.05) is 13.0 Å². The molecule has 26 heavy (non-hydrogen) atoms. The first-order chi connectivity index (χ1) is 12.5. The molecular formula is C19H16Br2N2O3. The highest BCUT2D eigenvalue weighted by Crippen LogP contribution is 2.35. The molecule has 0 aliphatic carbocycles. The molecule has 134 valence electrons. The van der Waals surface area contributed by atoms with Gasteiger partial charge in [0, 0.05) is 5.69 Å². The minimum Gasteiger partial charge on any atom is -0.497 e. The van der Waals surface area contributed by atoms with Crippen LogP contribution in [0.1, 0.15) is 12.5 Å². The Morgan fingerprint density at radius 1 is 1.23 bits per heavy atom. The molecule has 2 rings (SSSR count). The van der Waals surface area contributed by atoms with E-state index in [1.54, 1.807) is 43.5 Å². The quantitative estimate of drug-likeness (QED) is 0.458. The minimum absolute atomic E-state index is 0.0104. The molecule has 1 N–H and O–H groups in total. The molecule has 0 saturated carbocycles. The Balaban J connectivity index is 2.23. The van der Waals surface area contributed by atoms with Crippen molar-refractivity contribution in [1.29, 1.82) is 5.26 Å². The molecule has 5 nitrogen and oxygen atoms in total. The minimum atomic E-state index is -0.487. The van der Waals surface area contributed by atoms with Crippen molar-refractivity contribution in [1.82, 2.24) is 0 Å². The molecule has 1 amide bonds. The van der Waals surface area contributed by atoms with Gasteiger partial charge < -0.3 is 14.8 Å². The summed E-state index contributed by atoms with van der Waals surface area (Å²) in [5.41, 5.74) is 1.25. The fourth-order valence-corrected chi connectivity index (χ4v) is 3.58. The van der Waals surface area contributed by atoms with Gasteiger partial charge in [-0.2, -0.15) is 5.26 Å². The third kappa shape index (κ3) is 5.10. The number of anilines is 1. The summed E-state index contributed by atoms with van der Waals surface area (Å²) in [5, 5.41) is 12.0. The van der Waals surface area contributed by atoms with Crippen LogP contribution < -0.4 is 14.8 Å². The zero-order valence-corrected chi connectivity index (χ0v) is 17.3. The third-order valence-electron chi connectivity index (χ3n) is 3.33. The Kier molecular flexibility index (Phi) is 7.25. The average molecular weight is 480 g/mol. The molecule has 0 saturated heterocycles. The van der Waals surface area contributed by atoms with Gasteiger partial charge in [-0.05, 0) is 86.8 Å². The summed E-state index contributed by atoms with van der Waals surface area (Å²) in [6, 6.07) is 12.4. The number of halogens is 2. The highest BCUT2D eigenvalue weighted by molar-refractivity contribution is 9.11. The lowest BCUT2D eigenvalue weighted by Gasteiger charge is -2.10. The van der Waals surface area contributed by atoms with E-state index in [9.17, 15) is 10.1 Å². The maximum Gasteiger partial charge on any atom is 0.266 e. The van der Waals surface area contributed by atoms with Gasteiger partial charge in [0.1, 0.15) is 23.1 Å². The molecule has 0 aliphatic heterocycles. The van der Waals surface area contributed by atoms with E-state index >= 15 is 0 Å². The fraction of sp³-hybridized carbons (Fsp3) is 0.158. The number of benzene rings is 2. The van der Waals surface area contributed by atoms with Crippen LogP contribution in [0, 0.1) is 11.3 Å². The maximum absolute atomic E-state index is 12.4. The summed E-state index contributed by atoms with van der Waals surface area (Å²) < 4.78 is 12.1. The smallest absolute Gasteiger partial charge is 0.266 e. The van der Waals surface area contributed by atoms with Gasteiger partial charge in [0.15, 0.2) is 0 Å². The Morgan fingerprint density at radius 3 is 2.35 bits per heavy atom. The average Bonchev–Trinajstić information content (AvgIpc) is 2.63. The number of methoxy groups -OCH3 is 1. The van der Waals surface area contributed by atoms with Crippen LogP contribution in [0.2, 0.25) is 0 Å². The van der Waals surface area contributed by atoms with Gasteiger partial charge in [-0.15, -0.1) is 0 Å². The number of nitrogens with one attached hydrogen (secondary N) is 1. The van der Waals surface area contributed by atoms with E-state index < -0.39 is 5.91 Å². The van der Waals surface area contributed by atoms with Crippen molar-refractivity contribution in [2.75, 3.05) is 19.0 Å². The van der Waals surface area contributed by atoms with E-state index in [-0.39, 0.29) is 5.57 Å². The molecule has 0 atom stereocenters. The van der Waals surface area contributed by atoms with Crippen molar-refractivity contribution >= 4 is 49.5 Å². The van der Waals surface area contributed by atoms with Crippen molar-refractivity contribution in [3.05, 3.63) is 56.5 Å². The predicted octanol–water partition coefficient (Wildman–Crippen LogP) is 5.16. The van der Waals surface area contributed by atoms with E-state index in [1.165, 1.54) is 6.08 Å². The summed E-state index contributed by atoms with van der Waals surface area (Å²) in [4.78, 5) is 12.4. The number of amides is 1. The molecule has 0 aliphatic rings. The number of rotatable bonds is 6. The topological polar surface area (TPSA) is 71.3 Å². The van der Waals surface area contributed by atoms with Crippen LogP contribution in [0.3, 0.4) is 0 Å². The number of nitrogens with zero attached hydrogens (tertiary/aromatic N) is 1. The molecule has 0 fully saturated rings. The molecule has 0 heterocycles. The maximum atomic E-state index is 12.4. The van der Waals surface area contributed by atoms with Crippen LogP contribution in [-0.4, -0.2) is 19.6 Å². The Morgan fingerprint density at radius 2 is 1.85 bits per heavy atom. The standard InChI is InChI=1S/C19H16Br2N2O3/c1-3-26-18-16(20)9-12(10-17(18)21)8-13(11-22)19(24)23-14-4-6-15(25-2)7-5-14/h4-10H,3H2,1-2H3,(H,23,24)/b13-8+. The van der Waals surface area contributed by atoms with Crippen LogP contribution >= 0.6 is 31.9 Å². The number of carbonyl (C=O) groups is 1. The second-order valence-corrected chi connectivity index (χ2v) is 6.81. The van der Waals surface area contributed by atoms with Gasteiger partial charge in [-0.1, -0.05) is 0 Å². The lowest BCUT2D eigenvalue weighted by atomic mass is 10.1. The van der Waals surface area contributed by atoms with Crippen molar-refractivity contribution < 1.29 is 14.3 Å². The molecular weight excluding hydrogens is 464 g/mol. The number of hydrogen-bond acceptors (Lipinski definition) is 4.